The van der Waals surface area contributed by atoms with Gasteiger partial charge in [-0.15, -0.1) is 0 Å². The number of anilines is 1. The van der Waals surface area contributed by atoms with E-state index in [4.69, 9.17) is 5.73 Å². The van der Waals surface area contributed by atoms with Gasteiger partial charge in [0.1, 0.15) is 0 Å². The standard InChI is InChI=1S/C15H20BrN3O/c16-11-4-5-14(17)13(9-11)15(20)19-8-2-7-18-6-1-3-12(18)10-19/h4-5,9,12H,1-3,6-8,10,17H2. The predicted octanol–water partition coefficient (Wildman–Crippen LogP) is 2.34. The van der Waals surface area contributed by atoms with Crippen molar-refractivity contribution in [2.75, 3.05) is 31.9 Å². The molecule has 0 bridgehead atoms. The second-order valence-electron chi connectivity index (χ2n) is 5.67. The monoisotopic (exact) mass is 337 g/mol. The van der Waals surface area contributed by atoms with E-state index in [0.717, 1.165) is 30.5 Å². The summed E-state index contributed by atoms with van der Waals surface area (Å²) in [6.45, 7) is 3.97. The van der Waals surface area contributed by atoms with Crippen LogP contribution in [-0.4, -0.2) is 47.9 Å². The van der Waals surface area contributed by atoms with Gasteiger partial charge in [0.25, 0.3) is 5.91 Å². The Hall–Kier alpha value is -1.07. The number of hydrogen-bond donors (Lipinski definition) is 1. The normalized spacial score (nSPS) is 23.4. The maximum Gasteiger partial charge on any atom is 0.256 e. The fourth-order valence-electron chi connectivity index (χ4n) is 3.28. The number of nitrogens with two attached hydrogens (primary N) is 1. The summed E-state index contributed by atoms with van der Waals surface area (Å²) in [5.41, 5.74) is 7.14. The number of hydrogen-bond acceptors (Lipinski definition) is 3. The molecule has 0 aromatic heterocycles. The first-order valence-electron chi connectivity index (χ1n) is 7.23. The molecule has 2 saturated heterocycles. The topological polar surface area (TPSA) is 49.6 Å². The molecule has 0 aliphatic carbocycles. The lowest BCUT2D eigenvalue weighted by molar-refractivity contribution is 0.0744. The van der Waals surface area contributed by atoms with Crippen molar-refractivity contribution >= 4 is 27.5 Å². The molecule has 2 aliphatic heterocycles. The molecule has 1 atom stereocenters. The number of halogens is 1. The molecule has 2 fully saturated rings. The maximum atomic E-state index is 12.7. The van der Waals surface area contributed by atoms with Crippen molar-refractivity contribution in [3.63, 3.8) is 0 Å². The van der Waals surface area contributed by atoms with E-state index in [-0.39, 0.29) is 5.91 Å². The molecule has 0 radical (unpaired) electrons. The molecule has 1 aromatic rings. The highest BCUT2D eigenvalue weighted by Gasteiger charge is 2.31. The fraction of sp³-hybridized carbons (Fsp3) is 0.533. The number of carbonyl (C=O) groups is 1. The van der Waals surface area contributed by atoms with Gasteiger partial charge in [-0.3, -0.25) is 9.69 Å². The van der Waals surface area contributed by atoms with Gasteiger partial charge in [-0.05, 0) is 44.0 Å². The highest BCUT2D eigenvalue weighted by Crippen LogP contribution is 2.24. The van der Waals surface area contributed by atoms with Crippen LogP contribution in [0.15, 0.2) is 22.7 Å². The van der Waals surface area contributed by atoms with Crippen molar-refractivity contribution in [3.05, 3.63) is 28.2 Å². The lowest BCUT2D eigenvalue weighted by atomic mass is 10.1. The average Bonchev–Trinajstić information content (AvgIpc) is 2.78. The van der Waals surface area contributed by atoms with E-state index in [1.165, 1.54) is 19.4 Å². The number of rotatable bonds is 1. The van der Waals surface area contributed by atoms with E-state index in [2.05, 4.69) is 20.8 Å². The Morgan fingerprint density at radius 2 is 2.05 bits per heavy atom. The van der Waals surface area contributed by atoms with Crippen LogP contribution in [0.1, 0.15) is 29.6 Å². The van der Waals surface area contributed by atoms with Crippen LogP contribution in [0.5, 0.6) is 0 Å². The van der Waals surface area contributed by atoms with Crippen molar-refractivity contribution in [1.29, 1.82) is 0 Å². The minimum atomic E-state index is 0.0672. The number of nitrogen functional groups attached to an aromatic ring is 1. The minimum Gasteiger partial charge on any atom is -0.398 e. The van der Waals surface area contributed by atoms with Crippen molar-refractivity contribution in [2.45, 2.75) is 25.3 Å². The lowest BCUT2D eigenvalue weighted by Gasteiger charge is -2.26. The van der Waals surface area contributed by atoms with Crippen LogP contribution >= 0.6 is 15.9 Å². The average molecular weight is 338 g/mol. The van der Waals surface area contributed by atoms with Crippen molar-refractivity contribution in [1.82, 2.24) is 9.80 Å². The van der Waals surface area contributed by atoms with Crippen LogP contribution in [0.25, 0.3) is 0 Å². The zero-order valence-corrected chi connectivity index (χ0v) is 13.1. The van der Waals surface area contributed by atoms with E-state index >= 15 is 0 Å². The molecule has 3 rings (SSSR count). The van der Waals surface area contributed by atoms with Gasteiger partial charge in [-0.25, -0.2) is 0 Å². The molecular weight excluding hydrogens is 318 g/mol. The van der Waals surface area contributed by atoms with Crippen LogP contribution < -0.4 is 5.73 Å². The molecule has 108 valence electrons. The Kier molecular flexibility index (Phi) is 3.98. The fourth-order valence-corrected chi connectivity index (χ4v) is 3.64. The molecule has 0 spiro atoms. The molecule has 2 heterocycles. The first-order valence-corrected chi connectivity index (χ1v) is 8.03. The molecule has 1 unspecified atom stereocenters. The van der Waals surface area contributed by atoms with Gasteiger partial charge in [0.15, 0.2) is 0 Å². The third kappa shape index (κ3) is 2.69. The Morgan fingerprint density at radius 1 is 1.25 bits per heavy atom. The summed E-state index contributed by atoms with van der Waals surface area (Å²) < 4.78 is 0.896. The summed E-state index contributed by atoms with van der Waals surface area (Å²) in [5.74, 6) is 0.0672. The van der Waals surface area contributed by atoms with Gasteiger partial charge >= 0.3 is 0 Å². The van der Waals surface area contributed by atoms with Gasteiger partial charge in [-0.2, -0.15) is 0 Å². The number of benzene rings is 1. The van der Waals surface area contributed by atoms with Gasteiger partial charge in [-0.1, -0.05) is 15.9 Å². The van der Waals surface area contributed by atoms with Crippen LogP contribution in [-0.2, 0) is 0 Å². The second kappa shape index (κ2) is 5.74. The van der Waals surface area contributed by atoms with E-state index in [0.29, 0.717) is 17.3 Å². The van der Waals surface area contributed by atoms with Gasteiger partial charge < -0.3 is 10.6 Å². The molecule has 4 nitrogen and oxygen atoms in total. The Balaban J connectivity index is 1.80. The summed E-state index contributed by atoms with van der Waals surface area (Å²) in [6.07, 6.45) is 3.51. The molecule has 1 amide bonds. The van der Waals surface area contributed by atoms with Crippen molar-refractivity contribution in [2.24, 2.45) is 0 Å². The van der Waals surface area contributed by atoms with Gasteiger partial charge in [0.05, 0.1) is 5.56 Å². The van der Waals surface area contributed by atoms with Gasteiger partial charge in [0, 0.05) is 35.8 Å². The van der Waals surface area contributed by atoms with E-state index < -0.39 is 0 Å². The third-order valence-electron chi connectivity index (χ3n) is 4.34. The van der Waals surface area contributed by atoms with Crippen molar-refractivity contribution in [3.8, 4) is 0 Å². The highest BCUT2D eigenvalue weighted by atomic mass is 79.9. The Bertz CT molecular complexity index is 520. The van der Waals surface area contributed by atoms with E-state index in [1.54, 1.807) is 6.07 Å². The number of nitrogens with zero attached hydrogens (tertiary/aromatic N) is 2. The first kappa shape index (κ1) is 13.9. The van der Waals surface area contributed by atoms with Crippen LogP contribution in [0.3, 0.4) is 0 Å². The van der Waals surface area contributed by atoms with E-state index in [9.17, 15) is 4.79 Å². The Morgan fingerprint density at radius 3 is 2.90 bits per heavy atom. The smallest absolute Gasteiger partial charge is 0.256 e. The SMILES string of the molecule is Nc1ccc(Br)cc1C(=O)N1CCCN2CCCC2C1. The molecule has 20 heavy (non-hydrogen) atoms. The minimum absolute atomic E-state index is 0.0672. The highest BCUT2D eigenvalue weighted by molar-refractivity contribution is 9.10. The number of carbonyl (C=O) groups excluding carboxylic acids is 1. The maximum absolute atomic E-state index is 12.7. The summed E-state index contributed by atoms with van der Waals surface area (Å²) in [7, 11) is 0. The second-order valence-corrected chi connectivity index (χ2v) is 6.58. The zero-order chi connectivity index (χ0) is 14.1. The predicted molar refractivity (Wildman–Crippen MR) is 83.7 cm³/mol. The van der Waals surface area contributed by atoms with Gasteiger partial charge in [0.2, 0.25) is 0 Å². The zero-order valence-electron chi connectivity index (χ0n) is 11.5. The third-order valence-corrected chi connectivity index (χ3v) is 4.83. The van der Waals surface area contributed by atoms with Crippen LogP contribution in [0.4, 0.5) is 5.69 Å². The summed E-state index contributed by atoms with van der Waals surface area (Å²) in [5, 5.41) is 0. The summed E-state index contributed by atoms with van der Waals surface area (Å²) >= 11 is 3.41. The molecule has 5 heteroatoms. The molecule has 0 saturated carbocycles. The van der Waals surface area contributed by atoms with Crippen LogP contribution in [0.2, 0.25) is 0 Å². The Labute approximate surface area is 128 Å². The largest absolute Gasteiger partial charge is 0.398 e. The summed E-state index contributed by atoms with van der Waals surface area (Å²) in [4.78, 5) is 17.2. The molecular formula is C15H20BrN3O. The molecule has 2 aliphatic rings. The molecule has 2 N–H and O–H groups in total. The molecule has 1 aromatic carbocycles. The van der Waals surface area contributed by atoms with Crippen LogP contribution in [0, 0.1) is 0 Å². The lowest BCUT2D eigenvalue weighted by Crippen LogP contribution is -2.39. The summed E-state index contributed by atoms with van der Waals surface area (Å²) in [6, 6.07) is 6.02. The van der Waals surface area contributed by atoms with E-state index in [1.807, 2.05) is 17.0 Å². The first-order chi connectivity index (χ1) is 9.65. The number of amides is 1. The number of fused-ring (bicyclic) bond motifs is 1. The van der Waals surface area contributed by atoms with Crippen molar-refractivity contribution < 1.29 is 4.79 Å². The quantitative estimate of drug-likeness (QED) is 0.800.